The zero-order valence-electron chi connectivity index (χ0n) is 11.4. The third-order valence-corrected chi connectivity index (χ3v) is 3.85. The number of amides is 1. The van der Waals surface area contributed by atoms with Gasteiger partial charge in [0.25, 0.3) is 0 Å². The van der Waals surface area contributed by atoms with Gasteiger partial charge in [-0.3, -0.25) is 4.79 Å². The summed E-state index contributed by atoms with van der Waals surface area (Å²) in [6.45, 7) is 2.73. The van der Waals surface area contributed by atoms with Crippen LogP contribution in [0.2, 0.25) is 0 Å². The topological polar surface area (TPSA) is 93.8 Å². The minimum Gasteiger partial charge on any atom is -0.391 e. The number of aliphatic hydroxyl groups is 1. The molecule has 2 heterocycles. The van der Waals surface area contributed by atoms with Crippen molar-refractivity contribution in [1.82, 2.24) is 5.32 Å². The van der Waals surface area contributed by atoms with Crippen molar-refractivity contribution in [2.24, 2.45) is 5.73 Å². The van der Waals surface area contributed by atoms with Gasteiger partial charge in [0.1, 0.15) is 6.10 Å². The third kappa shape index (κ3) is 3.89. The fraction of sp³-hybridized carbons (Fsp3) is 0.923. The maximum Gasteiger partial charge on any atom is 0.249 e. The molecule has 2 aliphatic heterocycles. The van der Waals surface area contributed by atoms with Crippen LogP contribution in [0, 0.1) is 0 Å². The van der Waals surface area contributed by atoms with E-state index in [4.69, 9.17) is 15.2 Å². The fourth-order valence-corrected chi connectivity index (χ4v) is 2.64. The average Bonchev–Trinajstić information content (AvgIpc) is 3.04. The van der Waals surface area contributed by atoms with E-state index in [-0.39, 0.29) is 24.2 Å². The molecule has 0 radical (unpaired) electrons. The zero-order chi connectivity index (χ0) is 13.8. The second-order valence-corrected chi connectivity index (χ2v) is 5.42. The highest BCUT2D eigenvalue weighted by molar-refractivity contribution is 5.81. The van der Waals surface area contributed by atoms with E-state index in [0.717, 1.165) is 19.3 Å². The molecule has 2 aliphatic rings. The number of carbonyl (C=O) groups excluding carboxylic acids is 1. The van der Waals surface area contributed by atoms with Gasteiger partial charge in [0.05, 0.1) is 24.4 Å². The summed E-state index contributed by atoms with van der Waals surface area (Å²) in [6.07, 6.45) is 2.29. The number of hydrogen-bond acceptors (Lipinski definition) is 5. The first-order valence-electron chi connectivity index (χ1n) is 7.07. The van der Waals surface area contributed by atoms with Crippen molar-refractivity contribution in [3.8, 4) is 0 Å². The van der Waals surface area contributed by atoms with E-state index >= 15 is 0 Å². The first-order chi connectivity index (χ1) is 9.10. The van der Waals surface area contributed by atoms with Gasteiger partial charge in [-0.05, 0) is 32.6 Å². The van der Waals surface area contributed by atoms with Crippen LogP contribution in [0.1, 0.15) is 32.6 Å². The van der Waals surface area contributed by atoms with Crippen molar-refractivity contribution in [2.45, 2.75) is 63.1 Å². The molecule has 6 nitrogen and oxygen atoms in total. The van der Waals surface area contributed by atoms with Crippen LogP contribution in [-0.4, -0.2) is 54.6 Å². The Kier molecular flexibility index (Phi) is 5.15. The third-order valence-electron chi connectivity index (χ3n) is 3.85. The summed E-state index contributed by atoms with van der Waals surface area (Å²) in [5, 5.41) is 12.3. The van der Waals surface area contributed by atoms with E-state index in [1.165, 1.54) is 0 Å². The monoisotopic (exact) mass is 272 g/mol. The second kappa shape index (κ2) is 6.65. The largest absolute Gasteiger partial charge is 0.391 e. The van der Waals surface area contributed by atoms with Crippen LogP contribution in [-0.2, 0) is 14.3 Å². The lowest BCUT2D eigenvalue weighted by Crippen LogP contribution is -2.40. The molecule has 0 saturated carbocycles. The Hall–Kier alpha value is -0.690. The molecule has 0 bridgehead atoms. The van der Waals surface area contributed by atoms with Crippen molar-refractivity contribution < 1.29 is 19.4 Å². The highest BCUT2D eigenvalue weighted by atomic mass is 16.5. The van der Waals surface area contributed by atoms with Gasteiger partial charge in [0.15, 0.2) is 0 Å². The smallest absolute Gasteiger partial charge is 0.249 e. The molecule has 2 rings (SSSR count). The SMILES string of the molecule is CC(O)C1CCC(C(=O)NCC2CCC(CN)O2)O1. The number of carbonyl (C=O) groups is 1. The molecule has 110 valence electrons. The maximum absolute atomic E-state index is 11.9. The summed E-state index contributed by atoms with van der Waals surface area (Å²) in [5.74, 6) is -0.108. The van der Waals surface area contributed by atoms with Crippen molar-refractivity contribution >= 4 is 5.91 Å². The van der Waals surface area contributed by atoms with Crippen LogP contribution in [0.3, 0.4) is 0 Å². The Bertz CT molecular complexity index is 311. The molecule has 4 N–H and O–H groups in total. The maximum atomic E-state index is 11.9. The predicted octanol–water partition coefficient (Wildman–Crippen LogP) is -0.463. The van der Waals surface area contributed by atoms with E-state index in [9.17, 15) is 9.90 Å². The fourth-order valence-electron chi connectivity index (χ4n) is 2.64. The number of ether oxygens (including phenoxy) is 2. The van der Waals surface area contributed by atoms with E-state index < -0.39 is 12.2 Å². The number of rotatable bonds is 5. The van der Waals surface area contributed by atoms with Gasteiger partial charge in [-0.15, -0.1) is 0 Å². The minimum atomic E-state index is -0.527. The first-order valence-corrected chi connectivity index (χ1v) is 7.07. The molecule has 5 atom stereocenters. The van der Waals surface area contributed by atoms with Gasteiger partial charge in [-0.25, -0.2) is 0 Å². The standard InChI is InChI=1S/C13H24N2O4/c1-8(16)11-4-5-12(19-11)13(17)15-7-10-3-2-9(6-14)18-10/h8-12,16H,2-7,14H2,1H3,(H,15,17). The molecule has 0 spiro atoms. The van der Waals surface area contributed by atoms with E-state index in [2.05, 4.69) is 5.32 Å². The van der Waals surface area contributed by atoms with Crippen LogP contribution in [0.25, 0.3) is 0 Å². The quantitative estimate of drug-likeness (QED) is 0.629. The molecule has 1 amide bonds. The van der Waals surface area contributed by atoms with Gasteiger partial charge < -0.3 is 25.6 Å². The van der Waals surface area contributed by atoms with Crippen molar-refractivity contribution in [2.75, 3.05) is 13.1 Å². The second-order valence-electron chi connectivity index (χ2n) is 5.42. The Morgan fingerprint density at radius 1 is 1.32 bits per heavy atom. The van der Waals surface area contributed by atoms with Crippen LogP contribution < -0.4 is 11.1 Å². The molecular weight excluding hydrogens is 248 g/mol. The molecule has 2 saturated heterocycles. The van der Waals surface area contributed by atoms with Gasteiger partial charge in [0.2, 0.25) is 5.91 Å². The van der Waals surface area contributed by atoms with Crippen LogP contribution in [0.5, 0.6) is 0 Å². The van der Waals surface area contributed by atoms with Crippen LogP contribution >= 0.6 is 0 Å². The van der Waals surface area contributed by atoms with Gasteiger partial charge in [-0.2, -0.15) is 0 Å². The summed E-state index contributed by atoms with van der Waals surface area (Å²) >= 11 is 0. The minimum absolute atomic E-state index is 0.0615. The molecule has 2 fully saturated rings. The van der Waals surface area contributed by atoms with Gasteiger partial charge >= 0.3 is 0 Å². The Morgan fingerprint density at radius 3 is 2.63 bits per heavy atom. The Labute approximate surface area is 113 Å². The van der Waals surface area contributed by atoms with Gasteiger partial charge in [-0.1, -0.05) is 0 Å². The summed E-state index contributed by atoms with van der Waals surface area (Å²) in [4.78, 5) is 11.9. The van der Waals surface area contributed by atoms with Crippen molar-refractivity contribution in [3.63, 3.8) is 0 Å². The molecule has 0 aromatic carbocycles. The highest BCUT2D eigenvalue weighted by Gasteiger charge is 2.33. The van der Waals surface area contributed by atoms with Crippen molar-refractivity contribution in [3.05, 3.63) is 0 Å². The Morgan fingerprint density at radius 2 is 2.05 bits per heavy atom. The first kappa shape index (κ1) is 14.7. The summed E-state index contributed by atoms with van der Waals surface area (Å²) < 4.78 is 11.2. The van der Waals surface area contributed by atoms with Crippen LogP contribution in [0.15, 0.2) is 0 Å². The molecular formula is C13H24N2O4. The van der Waals surface area contributed by atoms with E-state index in [0.29, 0.717) is 19.5 Å². The summed E-state index contributed by atoms with van der Waals surface area (Å²) in [5.41, 5.74) is 5.54. The summed E-state index contributed by atoms with van der Waals surface area (Å²) in [6, 6.07) is 0. The average molecular weight is 272 g/mol. The molecule has 0 aromatic rings. The number of hydrogen-bond donors (Lipinski definition) is 3. The molecule has 6 heteroatoms. The lowest BCUT2D eigenvalue weighted by molar-refractivity contribution is -0.134. The summed E-state index contributed by atoms with van der Waals surface area (Å²) in [7, 11) is 0. The molecule has 0 aromatic heterocycles. The highest BCUT2D eigenvalue weighted by Crippen LogP contribution is 2.23. The lowest BCUT2D eigenvalue weighted by Gasteiger charge is -2.17. The molecule has 0 aliphatic carbocycles. The molecule has 19 heavy (non-hydrogen) atoms. The Balaban J connectivity index is 1.68. The van der Waals surface area contributed by atoms with Crippen LogP contribution in [0.4, 0.5) is 0 Å². The van der Waals surface area contributed by atoms with E-state index in [1.54, 1.807) is 6.92 Å². The number of nitrogens with two attached hydrogens (primary N) is 1. The van der Waals surface area contributed by atoms with Crippen molar-refractivity contribution in [1.29, 1.82) is 0 Å². The zero-order valence-corrected chi connectivity index (χ0v) is 11.4. The van der Waals surface area contributed by atoms with Gasteiger partial charge in [0, 0.05) is 13.1 Å². The predicted molar refractivity (Wildman–Crippen MR) is 69.5 cm³/mol. The molecule has 5 unspecified atom stereocenters. The number of nitrogens with one attached hydrogen (secondary N) is 1. The lowest BCUT2D eigenvalue weighted by atomic mass is 10.1. The normalized spacial score (nSPS) is 36.4. The van der Waals surface area contributed by atoms with E-state index in [1.807, 2.05) is 0 Å². The number of aliphatic hydroxyl groups excluding tert-OH is 1.